The van der Waals surface area contributed by atoms with Gasteiger partial charge in [-0.1, -0.05) is 19.3 Å². The number of carboxylic acids is 1. The van der Waals surface area contributed by atoms with Crippen LogP contribution in [0.4, 0.5) is 0 Å². The van der Waals surface area contributed by atoms with Gasteiger partial charge in [-0.25, -0.2) is 0 Å². The standard InChI is InChI=1S/C14H25NO4/c1-13(2,3)19-10-11(16)15-14(9-12(17)18)7-5-4-6-8-14/h4-10H2,1-3H3,(H,15,16)(H,17,18). The number of rotatable bonds is 5. The molecule has 0 radical (unpaired) electrons. The zero-order chi connectivity index (χ0) is 14.5. The van der Waals surface area contributed by atoms with Gasteiger partial charge in [0.05, 0.1) is 17.6 Å². The Hall–Kier alpha value is -1.10. The zero-order valence-corrected chi connectivity index (χ0v) is 12.1. The molecule has 0 aromatic heterocycles. The fourth-order valence-corrected chi connectivity index (χ4v) is 2.48. The monoisotopic (exact) mass is 271 g/mol. The number of ether oxygens (including phenoxy) is 1. The molecule has 0 saturated heterocycles. The van der Waals surface area contributed by atoms with Crippen LogP contribution in [0.5, 0.6) is 0 Å². The van der Waals surface area contributed by atoms with E-state index in [1.807, 2.05) is 20.8 Å². The molecule has 0 bridgehead atoms. The largest absolute Gasteiger partial charge is 0.481 e. The lowest BCUT2D eigenvalue weighted by Crippen LogP contribution is -2.52. The Morgan fingerprint density at radius 2 is 1.79 bits per heavy atom. The van der Waals surface area contributed by atoms with Crippen molar-refractivity contribution in [1.82, 2.24) is 5.32 Å². The van der Waals surface area contributed by atoms with Crippen molar-refractivity contribution in [1.29, 1.82) is 0 Å². The quantitative estimate of drug-likeness (QED) is 0.803. The smallest absolute Gasteiger partial charge is 0.305 e. The van der Waals surface area contributed by atoms with Crippen LogP contribution in [0.2, 0.25) is 0 Å². The van der Waals surface area contributed by atoms with E-state index in [0.717, 1.165) is 32.1 Å². The molecule has 0 atom stereocenters. The van der Waals surface area contributed by atoms with E-state index in [9.17, 15) is 9.59 Å². The van der Waals surface area contributed by atoms with Crippen molar-refractivity contribution >= 4 is 11.9 Å². The lowest BCUT2D eigenvalue weighted by molar-refractivity contribution is -0.140. The molecule has 5 nitrogen and oxygen atoms in total. The number of hydrogen-bond donors (Lipinski definition) is 2. The SMILES string of the molecule is CC(C)(C)OCC(=O)NC1(CC(=O)O)CCCCC1. The molecule has 0 aliphatic heterocycles. The Labute approximate surface area is 114 Å². The predicted molar refractivity (Wildman–Crippen MR) is 71.9 cm³/mol. The summed E-state index contributed by atoms with van der Waals surface area (Å²) in [6, 6.07) is 0. The lowest BCUT2D eigenvalue weighted by Gasteiger charge is -2.37. The second-order valence-electron chi connectivity index (χ2n) is 6.36. The number of hydrogen-bond acceptors (Lipinski definition) is 3. The van der Waals surface area contributed by atoms with E-state index in [1.54, 1.807) is 0 Å². The molecule has 0 spiro atoms. The number of amides is 1. The molecule has 2 N–H and O–H groups in total. The maximum atomic E-state index is 11.9. The summed E-state index contributed by atoms with van der Waals surface area (Å²) in [6.45, 7) is 5.63. The van der Waals surface area contributed by atoms with E-state index in [-0.39, 0.29) is 24.5 Å². The van der Waals surface area contributed by atoms with Crippen LogP contribution in [0.15, 0.2) is 0 Å². The fraction of sp³-hybridized carbons (Fsp3) is 0.857. The molecule has 1 rings (SSSR count). The topological polar surface area (TPSA) is 75.6 Å². The van der Waals surface area contributed by atoms with Crippen molar-refractivity contribution < 1.29 is 19.4 Å². The molecule has 5 heteroatoms. The van der Waals surface area contributed by atoms with Crippen LogP contribution in [0, 0.1) is 0 Å². The third-order valence-electron chi connectivity index (χ3n) is 3.34. The average Bonchev–Trinajstić information content (AvgIpc) is 2.25. The van der Waals surface area contributed by atoms with Crippen molar-refractivity contribution in [3.63, 3.8) is 0 Å². The number of carbonyl (C=O) groups is 2. The van der Waals surface area contributed by atoms with Crippen LogP contribution in [0.1, 0.15) is 59.3 Å². The molecule has 19 heavy (non-hydrogen) atoms. The van der Waals surface area contributed by atoms with E-state index in [4.69, 9.17) is 9.84 Å². The summed E-state index contributed by atoms with van der Waals surface area (Å²) in [4.78, 5) is 22.9. The highest BCUT2D eigenvalue weighted by Crippen LogP contribution is 2.31. The van der Waals surface area contributed by atoms with Crippen molar-refractivity contribution in [3.05, 3.63) is 0 Å². The van der Waals surface area contributed by atoms with Crippen LogP contribution in [0.3, 0.4) is 0 Å². The molecule has 1 aliphatic carbocycles. The molecular weight excluding hydrogens is 246 g/mol. The number of aliphatic carboxylic acids is 1. The first-order chi connectivity index (χ1) is 8.72. The van der Waals surface area contributed by atoms with Gasteiger partial charge in [-0.2, -0.15) is 0 Å². The van der Waals surface area contributed by atoms with Gasteiger partial charge in [0.1, 0.15) is 6.61 Å². The molecule has 1 fully saturated rings. The zero-order valence-electron chi connectivity index (χ0n) is 12.1. The van der Waals surface area contributed by atoms with Crippen molar-refractivity contribution in [2.24, 2.45) is 0 Å². The first kappa shape index (κ1) is 16.0. The molecule has 110 valence electrons. The first-order valence-corrected chi connectivity index (χ1v) is 6.89. The predicted octanol–water partition coefficient (Wildman–Crippen LogP) is 2.10. The van der Waals surface area contributed by atoms with Gasteiger partial charge in [-0.05, 0) is 33.6 Å². The van der Waals surface area contributed by atoms with Gasteiger partial charge in [0.25, 0.3) is 0 Å². The third kappa shape index (κ3) is 6.05. The highest BCUT2D eigenvalue weighted by Gasteiger charge is 2.35. The minimum atomic E-state index is -0.862. The van der Waals surface area contributed by atoms with Crippen molar-refractivity contribution in [2.75, 3.05) is 6.61 Å². The number of nitrogens with one attached hydrogen (secondary N) is 1. The van der Waals surface area contributed by atoms with Gasteiger partial charge in [0.2, 0.25) is 5.91 Å². The Morgan fingerprint density at radius 1 is 1.21 bits per heavy atom. The van der Waals surface area contributed by atoms with Gasteiger partial charge in [-0.15, -0.1) is 0 Å². The molecule has 0 unspecified atom stereocenters. The number of carbonyl (C=O) groups excluding carboxylic acids is 1. The van der Waals surface area contributed by atoms with Gasteiger partial charge in [-0.3, -0.25) is 9.59 Å². The Kier molecular flexibility index (Phi) is 5.35. The molecule has 1 saturated carbocycles. The first-order valence-electron chi connectivity index (χ1n) is 6.89. The second-order valence-corrected chi connectivity index (χ2v) is 6.36. The van der Waals surface area contributed by atoms with Crippen LogP contribution in [0.25, 0.3) is 0 Å². The van der Waals surface area contributed by atoms with Crippen LogP contribution in [-0.2, 0) is 14.3 Å². The molecule has 1 aliphatic rings. The van der Waals surface area contributed by atoms with E-state index >= 15 is 0 Å². The van der Waals surface area contributed by atoms with Gasteiger partial charge in [0.15, 0.2) is 0 Å². The van der Waals surface area contributed by atoms with Crippen LogP contribution >= 0.6 is 0 Å². The normalized spacial score (nSPS) is 18.9. The van der Waals surface area contributed by atoms with Crippen molar-refractivity contribution in [2.45, 2.75) is 70.4 Å². The van der Waals surface area contributed by atoms with Crippen LogP contribution < -0.4 is 5.32 Å². The molecule has 0 aromatic carbocycles. The van der Waals surface area contributed by atoms with E-state index < -0.39 is 11.5 Å². The molecule has 0 heterocycles. The molecular formula is C14H25NO4. The summed E-state index contributed by atoms with van der Waals surface area (Å²) in [5.41, 5.74) is -0.952. The Balaban J connectivity index is 2.57. The minimum Gasteiger partial charge on any atom is -0.481 e. The summed E-state index contributed by atoms with van der Waals surface area (Å²) >= 11 is 0. The highest BCUT2D eigenvalue weighted by molar-refractivity contribution is 5.79. The van der Waals surface area contributed by atoms with Gasteiger partial charge in [0, 0.05) is 0 Å². The summed E-state index contributed by atoms with van der Waals surface area (Å²) in [6.07, 6.45) is 4.51. The maximum absolute atomic E-state index is 11.9. The summed E-state index contributed by atoms with van der Waals surface area (Å²) < 4.78 is 5.42. The van der Waals surface area contributed by atoms with Crippen LogP contribution in [-0.4, -0.2) is 34.7 Å². The highest BCUT2D eigenvalue weighted by atomic mass is 16.5. The summed E-state index contributed by atoms with van der Waals surface area (Å²) in [7, 11) is 0. The lowest BCUT2D eigenvalue weighted by atomic mass is 9.79. The second kappa shape index (κ2) is 6.37. The third-order valence-corrected chi connectivity index (χ3v) is 3.34. The Bertz CT molecular complexity index is 327. The van der Waals surface area contributed by atoms with Gasteiger partial charge < -0.3 is 15.2 Å². The fourth-order valence-electron chi connectivity index (χ4n) is 2.48. The Morgan fingerprint density at radius 3 is 2.26 bits per heavy atom. The van der Waals surface area contributed by atoms with Gasteiger partial charge >= 0.3 is 5.97 Å². The summed E-state index contributed by atoms with van der Waals surface area (Å²) in [5, 5.41) is 11.9. The minimum absolute atomic E-state index is 0.00570. The number of carboxylic acid groups (broad SMARTS) is 1. The molecule has 0 aromatic rings. The van der Waals surface area contributed by atoms with Crippen molar-refractivity contribution in [3.8, 4) is 0 Å². The maximum Gasteiger partial charge on any atom is 0.305 e. The molecule has 1 amide bonds. The van der Waals surface area contributed by atoms with E-state index in [1.165, 1.54) is 0 Å². The average molecular weight is 271 g/mol. The summed E-state index contributed by atoms with van der Waals surface area (Å²) in [5.74, 6) is -1.09. The van der Waals surface area contributed by atoms with E-state index in [2.05, 4.69) is 5.32 Å². The van der Waals surface area contributed by atoms with E-state index in [0.29, 0.717) is 0 Å².